The average Bonchev–Trinajstić information content (AvgIpc) is 3.58. The number of aromatic nitrogens is 3. The van der Waals surface area contributed by atoms with Gasteiger partial charge in [-0.05, 0) is 89.8 Å². The first-order chi connectivity index (χ1) is 18.6. The number of aryl methyl sites for hydroxylation is 2. The lowest BCUT2D eigenvalue weighted by Gasteiger charge is -2.27. The molecule has 7 heteroatoms. The third-order valence-corrected chi connectivity index (χ3v) is 7.28. The minimum Gasteiger partial charge on any atom is -0.332 e. The van der Waals surface area contributed by atoms with Gasteiger partial charge in [-0.15, -0.1) is 0 Å². The fourth-order valence-corrected chi connectivity index (χ4v) is 5.04. The molecule has 0 aliphatic heterocycles. The summed E-state index contributed by atoms with van der Waals surface area (Å²) in [7, 11) is 0. The largest absolute Gasteiger partial charge is 0.332 e. The molecule has 4 rings (SSSR count). The second kappa shape index (κ2) is 12.0. The number of carbonyl (C=O) groups is 2. The summed E-state index contributed by atoms with van der Waals surface area (Å²) in [6.07, 6.45) is 8.16. The molecule has 0 saturated heterocycles. The fourth-order valence-electron chi connectivity index (χ4n) is 5.04. The molecule has 1 amide bonds. The number of benzene rings is 1. The summed E-state index contributed by atoms with van der Waals surface area (Å²) < 4.78 is 1.92. The molecule has 1 atom stereocenters. The van der Waals surface area contributed by atoms with Crippen molar-refractivity contribution in [1.29, 1.82) is 0 Å². The van der Waals surface area contributed by atoms with E-state index >= 15 is 0 Å². The third kappa shape index (κ3) is 6.48. The maximum absolute atomic E-state index is 13.7. The zero-order valence-electron chi connectivity index (χ0n) is 24.0. The van der Waals surface area contributed by atoms with Crippen LogP contribution in [0, 0.1) is 0 Å². The summed E-state index contributed by atoms with van der Waals surface area (Å²) in [5.41, 5.74) is 6.06. The Kier molecular flexibility index (Phi) is 8.70. The SMILES string of the molecule is CCc1cc2cc(C(=O)N(CC)C(C)c3cn[nH]c3)ccn2c1C(=O)c1ccc(CCCNC(C)(C)C)cc1. The van der Waals surface area contributed by atoms with Crippen molar-refractivity contribution in [2.24, 2.45) is 0 Å². The topological polar surface area (TPSA) is 82.5 Å². The molecular weight excluding hydrogens is 486 g/mol. The van der Waals surface area contributed by atoms with Gasteiger partial charge in [0.25, 0.3) is 5.91 Å². The number of nitrogens with one attached hydrogen (secondary N) is 2. The van der Waals surface area contributed by atoms with Crippen molar-refractivity contribution in [3.8, 4) is 0 Å². The second-order valence-electron chi connectivity index (χ2n) is 11.2. The van der Waals surface area contributed by atoms with Crippen molar-refractivity contribution in [3.05, 3.63) is 94.6 Å². The van der Waals surface area contributed by atoms with Crippen molar-refractivity contribution in [2.75, 3.05) is 13.1 Å². The van der Waals surface area contributed by atoms with E-state index in [4.69, 9.17) is 0 Å². The summed E-state index contributed by atoms with van der Waals surface area (Å²) in [4.78, 5) is 29.0. The predicted molar refractivity (Wildman–Crippen MR) is 156 cm³/mol. The molecule has 0 spiro atoms. The molecule has 0 aliphatic carbocycles. The van der Waals surface area contributed by atoms with Crippen LogP contribution in [0.25, 0.3) is 5.52 Å². The van der Waals surface area contributed by atoms with Crippen LogP contribution in [0.2, 0.25) is 0 Å². The van der Waals surface area contributed by atoms with Crippen molar-refractivity contribution in [2.45, 2.75) is 72.4 Å². The maximum Gasteiger partial charge on any atom is 0.254 e. The number of aromatic amines is 1. The molecule has 7 nitrogen and oxygen atoms in total. The molecule has 0 saturated carbocycles. The van der Waals surface area contributed by atoms with E-state index in [9.17, 15) is 9.59 Å². The first kappa shape index (κ1) is 28.3. The quantitative estimate of drug-likeness (QED) is 0.185. The van der Waals surface area contributed by atoms with E-state index in [1.165, 1.54) is 5.56 Å². The first-order valence-electron chi connectivity index (χ1n) is 13.9. The van der Waals surface area contributed by atoms with E-state index in [1.807, 2.05) is 65.9 Å². The molecule has 4 aromatic rings. The van der Waals surface area contributed by atoms with Crippen molar-refractivity contribution < 1.29 is 9.59 Å². The van der Waals surface area contributed by atoms with Crippen LogP contribution >= 0.6 is 0 Å². The van der Waals surface area contributed by atoms with Gasteiger partial charge >= 0.3 is 0 Å². The summed E-state index contributed by atoms with van der Waals surface area (Å²) in [6.45, 7) is 14.1. The Morgan fingerprint density at radius 2 is 1.82 bits per heavy atom. The predicted octanol–water partition coefficient (Wildman–Crippen LogP) is 6.00. The Balaban J connectivity index is 1.54. The number of carbonyl (C=O) groups excluding carboxylic acids is 2. The molecule has 3 heterocycles. The number of hydrogen-bond acceptors (Lipinski definition) is 4. The van der Waals surface area contributed by atoms with Crippen LogP contribution in [0.1, 0.15) is 97.1 Å². The molecule has 0 fully saturated rings. The summed E-state index contributed by atoms with van der Waals surface area (Å²) in [6, 6.07) is 13.6. The summed E-state index contributed by atoms with van der Waals surface area (Å²) in [5, 5.41) is 10.4. The van der Waals surface area contributed by atoms with Crippen molar-refractivity contribution >= 4 is 17.2 Å². The average molecular weight is 528 g/mol. The lowest BCUT2D eigenvalue weighted by atomic mass is 10.0. The van der Waals surface area contributed by atoms with Gasteiger partial charge in [-0.2, -0.15) is 5.10 Å². The number of hydrogen-bond donors (Lipinski definition) is 2. The van der Waals surface area contributed by atoms with Crippen LogP contribution in [0.5, 0.6) is 0 Å². The molecule has 39 heavy (non-hydrogen) atoms. The lowest BCUT2D eigenvalue weighted by molar-refractivity contribution is 0.0702. The standard InChI is InChI=1S/C32H41N5O2/c1-7-24-18-28-19-26(31(39)36(8-2)22(3)27-20-34-35-21-27)15-17-37(28)29(24)30(38)25-13-11-23(12-14-25)10-9-16-33-32(4,5)6/h11-15,17-22,33H,7-10,16H2,1-6H3,(H,34,35). The molecule has 3 aromatic heterocycles. The third-order valence-electron chi connectivity index (χ3n) is 7.28. The lowest BCUT2D eigenvalue weighted by Crippen LogP contribution is -2.36. The number of amides is 1. The Morgan fingerprint density at radius 1 is 1.08 bits per heavy atom. The highest BCUT2D eigenvalue weighted by Crippen LogP contribution is 2.25. The zero-order valence-corrected chi connectivity index (χ0v) is 24.0. The molecule has 206 valence electrons. The van der Waals surface area contributed by atoms with E-state index in [0.717, 1.165) is 42.5 Å². The molecule has 2 N–H and O–H groups in total. The van der Waals surface area contributed by atoms with E-state index in [-0.39, 0.29) is 23.3 Å². The Bertz CT molecular complexity index is 1410. The highest BCUT2D eigenvalue weighted by Gasteiger charge is 2.24. The zero-order chi connectivity index (χ0) is 28.2. The van der Waals surface area contributed by atoms with Crippen LogP contribution in [-0.4, -0.2) is 49.8 Å². The Hall–Kier alpha value is -3.71. The smallest absolute Gasteiger partial charge is 0.254 e. The summed E-state index contributed by atoms with van der Waals surface area (Å²) >= 11 is 0. The monoisotopic (exact) mass is 527 g/mol. The van der Waals surface area contributed by atoms with Gasteiger partial charge in [-0.1, -0.05) is 31.2 Å². The van der Waals surface area contributed by atoms with Crippen LogP contribution in [0.4, 0.5) is 0 Å². The van der Waals surface area contributed by atoms with Gasteiger partial charge < -0.3 is 14.6 Å². The first-order valence-corrected chi connectivity index (χ1v) is 13.9. The number of nitrogens with zero attached hydrogens (tertiary/aromatic N) is 3. The minimum atomic E-state index is -0.106. The van der Waals surface area contributed by atoms with E-state index in [1.54, 1.807) is 6.20 Å². The number of pyridine rings is 1. The van der Waals surface area contributed by atoms with E-state index in [0.29, 0.717) is 23.4 Å². The maximum atomic E-state index is 13.7. The second-order valence-corrected chi connectivity index (χ2v) is 11.2. The highest BCUT2D eigenvalue weighted by atomic mass is 16.2. The number of H-pyrrole nitrogens is 1. The summed E-state index contributed by atoms with van der Waals surface area (Å²) in [5.74, 6) is -0.0512. The van der Waals surface area contributed by atoms with Crippen LogP contribution < -0.4 is 5.32 Å². The van der Waals surface area contributed by atoms with E-state index in [2.05, 4.69) is 55.3 Å². The number of rotatable bonds is 11. The Morgan fingerprint density at radius 3 is 2.44 bits per heavy atom. The van der Waals surface area contributed by atoms with Gasteiger partial charge in [0, 0.05) is 46.7 Å². The minimum absolute atomic E-state index is 0.00404. The molecule has 0 radical (unpaired) electrons. The van der Waals surface area contributed by atoms with Crippen LogP contribution in [0.15, 0.2) is 61.1 Å². The van der Waals surface area contributed by atoms with Gasteiger partial charge in [0.2, 0.25) is 5.78 Å². The molecule has 0 aliphatic rings. The molecular formula is C32H41N5O2. The van der Waals surface area contributed by atoms with E-state index < -0.39 is 0 Å². The number of ketones is 1. The molecule has 1 aromatic carbocycles. The van der Waals surface area contributed by atoms with Crippen LogP contribution in [-0.2, 0) is 12.8 Å². The van der Waals surface area contributed by atoms with Crippen molar-refractivity contribution in [1.82, 2.24) is 24.8 Å². The Labute approximate surface area is 231 Å². The van der Waals surface area contributed by atoms with Gasteiger partial charge in [0.05, 0.1) is 17.9 Å². The van der Waals surface area contributed by atoms with Crippen LogP contribution in [0.3, 0.4) is 0 Å². The van der Waals surface area contributed by atoms with Gasteiger partial charge in [0.15, 0.2) is 0 Å². The molecule has 0 bridgehead atoms. The normalized spacial score (nSPS) is 12.6. The van der Waals surface area contributed by atoms with Gasteiger partial charge in [0.1, 0.15) is 0 Å². The highest BCUT2D eigenvalue weighted by molar-refractivity contribution is 6.10. The van der Waals surface area contributed by atoms with Gasteiger partial charge in [-0.25, -0.2) is 0 Å². The fraction of sp³-hybridized carbons (Fsp3) is 0.406. The number of fused-ring (bicyclic) bond motifs is 1. The van der Waals surface area contributed by atoms with Gasteiger partial charge in [-0.3, -0.25) is 14.7 Å². The molecule has 1 unspecified atom stereocenters. The van der Waals surface area contributed by atoms with Crippen molar-refractivity contribution in [3.63, 3.8) is 0 Å².